The van der Waals surface area contributed by atoms with Crippen molar-refractivity contribution in [1.29, 1.82) is 0 Å². The first-order valence-electron chi connectivity index (χ1n) is 8.01. The number of Topliss-reactive ketones (excluding diaryl/α,β-unsaturated/α-hetero) is 1. The van der Waals surface area contributed by atoms with Crippen LogP contribution < -0.4 is 0 Å². The highest BCUT2D eigenvalue weighted by atomic mass is 35.5. The van der Waals surface area contributed by atoms with Crippen LogP contribution in [0.3, 0.4) is 0 Å². The van der Waals surface area contributed by atoms with Crippen molar-refractivity contribution >= 4 is 29.0 Å². The van der Waals surface area contributed by atoms with Gasteiger partial charge in [0.15, 0.2) is 5.78 Å². The molecule has 0 amide bonds. The Bertz CT molecular complexity index is 558. The quantitative estimate of drug-likeness (QED) is 0.644. The first-order chi connectivity index (χ1) is 10.0. The summed E-state index contributed by atoms with van der Waals surface area (Å²) in [6.45, 7) is 0. The Morgan fingerprint density at radius 3 is 2.19 bits per heavy atom. The minimum Gasteiger partial charge on any atom is -0.294 e. The molecule has 1 aromatic carbocycles. The van der Waals surface area contributed by atoms with E-state index in [4.69, 9.17) is 23.2 Å². The van der Waals surface area contributed by atoms with E-state index in [9.17, 15) is 4.79 Å². The van der Waals surface area contributed by atoms with Crippen LogP contribution in [-0.4, -0.2) is 5.78 Å². The molecule has 1 nitrogen and oxygen atoms in total. The highest BCUT2D eigenvalue weighted by Crippen LogP contribution is 2.61. The number of carbonyl (C=O) groups is 1. The summed E-state index contributed by atoms with van der Waals surface area (Å²) in [6.07, 6.45) is 8.65. The molecule has 4 saturated carbocycles. The van der Waals surface area contributed by atoms with Crippen molar-refractivity contribution in [3.63, 3.8) is 0 Å². The highest BCUT2D eigenvalue weighted by Gasteiger charge is 2.51. The summed E-state index contributed by atoms with van der Waals surface area (Å²) < 4.78 is 0. The lowest BCUT2D eigenvalue weighted by atomic mass is 9.48. The smallest absolute Gasteiger partial charge is 0.164 e. The normalized spacial score (nSPS) is 37.0. The molecular weight excluding hydrogens is 303 g/mol. The molecule has 0 aliphatic heterocycles. The van der Waals surface area contributed by atoms with Gasteiger partial charge in [0.1, 0.15) is 0 Å². The third-order valence-electron chi connectivity index (χ3n) is 5.93. The van der Waals surface area contributed by atoms with Crippen LogP contribution in [0.25, 0.3) is 0 Å². The van der Waals surface area contributed by atoms with Gasteiger partial charge in [0.2, 0.25) is 0 Å². The number of ketones is 1. The molecule has 0 N–H and O–H groups in total. The van der Waals surface area contributed by atoms with Crippen molar-refractivity contribution in [2.45, 2.75) is 44.9 Å². The van der Waals surface area contributed by atoms with E-state index in [1.807, 2.05) is 0 Å². The molecule has 3 heteroatoms. The number of rotatable bonds is 3. The van der Waals surface area contributed by atoms with E-state index in [0.29, 0.717) is 22.0 Å². The van der Waals surface area contributed by atoms with Crippen LogP contribution in [0, 0.1) is 23.2 Å². The van der Waals surface area contributed by atoms with Crippen LogP contribution in [0.1, 0.15) is 55.3 Å². The first-order valence-corrected chi connectivity index (χ1v) is 8.77. The second kappa shape index (κ2) is 4.99. The van der Waals surface area contributed by atoms with Gasteiger partial charge in [-0.1, -0.05) is 23.2 Å². The van der Waals surface area contributed by atoms with E-state index >= 15 is 0 Å². The molecule has 1 aromatic rings. The van der Waals surface area contributed by atoms with E-state index < -0.39 is 0 Å². The number of hydrogen-bond acceptors (Lipinski definition) is 1. The molecule has 0 unspecified atom stereocenters. The highest BCUT2D eigenvalue weighted by molar-refractivity contribution is 6.35. The first kappa shape index (κ1) is 14.1. The van der Waals surface area contributed by atoms with Crippen LogP contribution in [0.15, 0.2) is 18.2 Å². The molecule has 4 aliphatic rings. The van der Waals surface area contributed by atoms with E-state index in [2.05, 4.69) is 0 Å². The second-order valence-electron chi connectivity index (χ2n) is 7.64. The number of benzene rings is 1. The standard InChI is InChI=1S/C18H20Cl2O/c19-14-1-2-16(20)15(6-14)17(21)10-18-7-11-3-12(8-18)5-13(4-11)9-18/h1-2,6,11-13H,3-5,7-10H2. The van der Waals surface area contributed by atoms with Crippen molar-refractivity contribution in [1.82, 2.24) is 0 Å². The van der Waals surface area contributed by atoms with E-state index in [1.165, 1.54) is 38.5 Å². The average molecular weight is 323 g/mol. The van der Waals surface area contributed by atoms with Gasteiger partial charge in [-0.2, -0.15) is 0 Å². The monoisotopic (exact) mass is 322 g/mol. The van der Waals surface area contributed by atoms with Gasteiger partial charge in [-0.25, -0.2) is 0 Å². The Morgan fingerprint density at radius 2 is 1.62 bits per heavy atom. The lowest BCUT2D eigenvalue weighted by molar-refractivity contribution is -0.0524. The maximum atomic E-state index is 12.8. The lowest BCUT2D eigenvalue weighted by Crippen LogP contribution is -2.46. The van der Waals surface area contributed by atoms with Gasteiger partial charge < -0.3 is 0 Å². The van der Waals surface area contributed by atoms with Crippen LogP contribution >= 0.6 is 23.2 Å². The fourth-order valence-electron chi connectivity index (χ4n) is 5.65. The predicted molar refractivity (Wildman–Crippen MR) is 86.0 cm³/mol. The van der Waals surface area contributed by atoms with Crippen molar-refractivity contribution in [2.75, 3.05) is 0 Å². The summed E-state index contributed by atoms with van der Waals surface area (Å²) in [5.74, 6) is 2.81. The zero-order chi connectivity index (χ0) is 14.6. The Kier molecular flexibility index (Phi) is 3.35. The van der Waals surface area contributed by atoms with Crippen LogP contribution in [0.2, 0.25) is 10.0 Å². The molecule has 112 valence electrons. The maximum Gasteiger partial charge on any atom is 0.164 e. The van der Waals surface area contributed by atoms with Crippen molar-refractivity contribution in [3.8, 4) is 0 Å². The Labute approximate surface area is 136 Å². The topological polar surface area (TPSA) is 17.1 Å². The minimum atomic E-state index is 0.185. The molecule has 0 aromatic heterocycles. The fraction of sp³-hybridized carbons (Fsp3) is 0.611. The summed E-state index contributed by atoms with van der Waals surface area (Å²) in [5, 5.41) is 1.13. The largest absolute Gasteiger partial charge is 0.294 e. The van der Waals surface area contributed by atoms with E-state index in [-0.39, 0.29) is 11.2 Å². The summed E-state index contributed by atoms with van der Waals surface area (Å²) >= 11 is 12.2. The van der Waals surface area contributed by atoms with Crippen LogP contribution in [-0.2, 0) is 0 Å². The minimum absolute atomic E-state index is 0.185. The molecule has 5 rings (SSSR count). The summed E-state index contributed by atoms with van der Waals surface area (Å²) in [5.41, 5.74) is 0.872. The van der Waals surface area contributed by atoms with Crippen LogP contribution in [0.4, 0.5) is 0 Å². The molecule has 21 heavy (non-hydrogen) atoms. The van der Waals surface area contributed by atoms with Crippen molar-refractivity contribution in [3.05, 3.63) is 33.8 Å². The fourth-order valence-corrected chi connectivity index (χ4v) is 6.05. The van der Waals surface area contributed by atoms with Gasteiger partial charge in [-0.3, -0.25) is 4.79 Å². The Balaban J connectivity index is 1.58. The molecular formula is C18H20Cl2O. The summed E-state index contributed by atoms with van der Waals surface area (Å²) in [7, 11) is 0. The predicted octanol–water partition coefficient (Wildman–Crippen LogP) is 5.78. The second-order valence-corrected chi connectivity index (χ2v) is 8.49. The zero-order valence-corrected chi connectivity index (χ0v) is 13.6. The molecule has 4 aliphatic carbocycles. The number of hydrogen-bond donors (Lipinski definition) is 0. The zero-order valence-electron chi connectivity index (χ0n) is 12.1. The maximum absolute atomic E-state index is 12.8. The lowest BCUT2D eigenvalue weighted by Gasteiger charge is -2.56. The van der Waals surface area contributed by atoms with E-state index in [0.717, 1.165) is 17.8 Å². The Hall–Kier alpha value is -0.530. The van der Waals surface area contributed by atoms with Gasteiger partial charge >= 0.3 is 0 Å². The third kappa shape index (κ3) is 2.53. The van der Waals surface area contributed by atoms with Gasteiger partial charge in [-0.15, -0.1) is 0 Å². The number of carbonyl (C=O) groups excluding carboxylic acids is 1. The molecule has 0 radical (unpaired) electrons. The van der Waals surface area contributed by atoms with Gasteiger partial charge in [0, 0.05) is 17.0 Å². The molecule has 4 fully saturated rings. The summed E-state index contributed by atoms with van der Waals surface area (Å²) in [6, 6.07) is 5.20. The van der Waals surface area contributed by atoms with Crippen molar-refractivity contribution < 1.29 is 4.79 Å². The molecule has 0 spiro atoms. The molecule has 0 saturated heterocycles. The Morgan fingerprint density at radius 1 is 1.05 bits per heavy atom. The number of halogens is 2. The summed E-state index contributed by atoms with van der Waals surface area (Å²) in [4.78, 5) is 12.8. The van der Waals surface area contributed by atoms with Crippen molar-refractivity contribution in [2.24, 2.45) is 23.2 Å². The van der Waals surface area contributed by atoms with Gasteiger partial charge in [0.25, 0.3) is 0 Å². The molecule has 0 heterocycles. The van der Waals surface area contributed by atoms with E-state index in [1.54, 1.807) is 18.2 Å². The molecule has 4 bridgehead atoms. The van der Waals surface area contributed by atoms with Crippen LogP contribution in [0.5, 0.6) is 0 Å². The van der Waals surface area contributed by atoms with Gasteiger partial charge in [0.05, 0.1) is 5.02 Å². The van der Waals surface area contributed by atoms with Gasteiger partial charge in [-0.05, 0) is 79.9 Å². The third-order valence-corrected chi connectivity index (χ3v) is 6.49. The average Bonchev–Trinajstić information content (AvgIpc) is 2.39. The SMILES string of the molecule is O=C(CC12CC3CC(CC(C3)C1)C2)c1cc(Cl)ccc1Cl. The molecule has 0 atom stereocenters.